The maximum Gasteiger partial charge on any atom is 0.285 e. The van der Waals surface area contributed by atoms with E-state index < -0.39 is 18.1 Å². The molecule has 0 saturated heterocycles. The molecule has 3 aromatic rings. The molecule has 33 heavy (non-hydrogen) atoms. The molecule has 1 N–H and O–H groups in total. The summed E-state index contributed by atoms with van der Waals surface area (Å²) in [6.45, 7) is 0. The van der Waals surface area contributed by atoms with Crippen molar-refractivity contribution in [1.29, 1.82) is 0 Å². The Hall–Kier alpha value is -4.20. The molecule has 8 nitrogen and oxygen atoms in total. The largest absolute Gasteiger partial charge is 0.493 e. The molecule has 0 fully saturated rings. The number of nitrogens with one attached hydrogen (secondary N) is 1. The van der Waals surface area contributed by atoms with Crippen LogP contribution in [0.4, 0.5) is 0 Å². The molecular weight excluding hydrogens is 424 g/mol. The van der Waals surface area contributed by atoms with Gasteiger partial charge in [0.15, 0.2) is 29.1 Å². The van der Waals surface area contributed by atoms with Gasteiger partial charge in [0.25, 0.3) is 5.91 Å². The minimum absolute atomic E-state index is 0.443. The van der Waals surface area contributed by atoms with Gasteiger partial charge in [-0.1, -0.05) is 42.5 Å². The first-order chi connectivity index (χ1) is 16.1. The zero-order valence-corrected chi connectivity index (χ0v) is 18.5. The van der Waals surface area contributed by atoms with E-state index >= 15 is 0 Å². The van der Waals surface area contributed by atoms with Crippen molar-refractivity contribution in [2.75, 3.05) is 21.3 Å². The summed E-state index contributed by atoms with van der Waals surface area (Å²) in [6.07, 6.45) is -0.0748. The van der Waals surface area contributed by atoms with E-state index in [1.54, 1.807) is 18.2 Å². The highest BCUT2D eigenvalue weighted by atomic mass is 16.6. The molecule has 8 heteroatoms. The monoisotopic (exact) mass is 448 g/mol. The van der Waals surface area contributed by atoms with E-state index in [-0.39, 0.29) is 0 Å². The van der Waals surface area contributed by atoms with Gasteiger partial charge in [0.2, 0.25) is 11.9 Å². The zero-order valence-electron chi connectivity index (χ0n) is 18.5. The minimum Gasteiger partial charge on any atom is -0.493 e. The number of ether oxygens (including phenoxy) is 5. The Morgan fingerprint density at radius 2 is 1.48 bits per heavy atom. The molecule has 0 unspecified atom stereocenters. The lowest BCUT2D eigenvalue weighted by Crippen LogP contribution is -2.44. The van der Waals surface area contributed by atoms with Crippen molar-refractivity contribution in [2.45, 2.75) is 12.2 Å². The van der Waals surface area contributed by atoms with Gasteiger partial charge in [0, 0.05) is 5.56 Å². The first kappa shape index (κ1) is 22.0. The lowest BCUT2D eigenvalue weighted by molar-refractivity contribution is -0.134. The number of para-hydroxylation sites is 2. The van der Waals surface area contributed by atoms with Gasteiger partial charge in [-0.05, 0) is 29.8 Å². The number of carbonyl (C=O) groups excluding carboxylic acids is 1. The lowest BCUT2D eigenvalue weighted by Gasteiger charge is -2.32. The van der Waals surface area contributed by atoms with Crippen molar-refractivity contribution in [3.63, 3.8) is 0 Å². The number of carbonyl (C=O) groups is 1. The van der Waals surface area contributed by atoms with Crippen molar-refractivity contribution in [2.24, 2.45) is 5.10 Å². The summed E-state index contributed by atoms with van der Waals surface area (Å²) in [5.74, 6) is 2.07. The molecule has 0 saturated carbocycles. The molecule has 0 spiro atoms. The summed E-state index contributed by atoms with van der Waals surface area (Å²) < 4.78 is 28.1. The molecule has 1 aliphatic rings. The van der Waals surface area contributed by atoms with Crippen molar-refractivity contribution >= 4 is 12.1 Å². The van der Waals surface area contributed by atoms with Gasteiger partial charge in [-0.25, -0.2) is 5.43 Å². The van der Waals surface area contributed by atoms with Crippen LogP contribution in [-0.2, 0) is 4.79 Å². The fourth-order valence-corrected chi connectivity index (χ4v) is 3.53. The number of benzene rings is 3. The Bertz CT molecular complexity index is 1120. The highest BCUT2D eigenvalue weighted by Crippen LogP contribution is 2.39. The Morgan fingerprint density at radius 3 is 2.09 bits per heavy atom. The number of hydrogen-bond acceptors (Lipinski definition) is 7. The minimum atomic E-state index is -0.931. The molecule has 0 aromatic heterocycles. The molecule has 2 atom stereocenters. The summed E-state index contributed by atoms with van der Waals surface area (Å²) >= 11 is 0. The second-order valence-electron chi connectivity index (χ2n) is 7.13. The standard InChI is InChI=1S/C25H24N2O6/c1-29-20-13-16(14-21(30-2)23(20)31-3)15-26-27-25(28)24-22(17-9-5-4-6-10-17)32-18-11-7-8-12-19(18)33-24/h4-15,22,24H,1-3H3,(H,27,28)/b26-15-/t22-,24+/m0/s1. The highest BCUT2D eigenvalue weighted by molar-refractivity contribution is 5.86. The number of hydrogen-bond donors (Lipinski definition) is 1. The first-order valence-corrected chi connectivity index (χ1v) is 10.2. The molecule has 1 aliphatic heterocycles. The summed E-state index contributed by atoms with van der Waals surface area (Å²) in [5, 5.41) is 4.10. The van der Waals surface area contributed by atoms with E-state index in [4.69, 9.17) is 23.7 Å². The second-order valence-corrected chi connectivity index (χ2v) is 7.13. The Balaban J connectivity index is 1.55. The fourth-order valence-electron chi connectivity index (χ4n) is 3.53. The highest BCUT2D eigenvalue weighted by Gasteiger charge is 2.38. The van der Waals surface area contributed by atoms with Crippen LogP contribution in [0.2, 0.25) is 0 Å². The quantitative estimate of drug-likeness (QED) is 0.438. The topological polar surface area (TPSA) is 87.6 Å². The summed E-state index contributed by atoms with van der Waals surface area (Å²) in [7, 11) is 4.59. The zero-order chi connectivity index (χ0) is 23.2. The van der Waals surface area contributed by atoms with Crippen molar-refractivity contribution < 1.29 is 28.5 Å². The normalized spacial score (nSPS) is 16.8. The fraction of sp³-hybridized carbons (Fsp3) is 0.200. The Morgan fingerprint density at radius 1 is 0.879 bits per heavy atom. The maximum absolute atomic E-state index is 13.0. The van der Waals surface area contributed by atoms with Crippen molar-refractivity contribution in [3.05, 3.63) is 77.9 Å². The average molecular weight is 448 g/mol. The number of hydrazone groups is 1. The SMILES string of the molecule is COc1cc(/C=N\NC(=O)[C@@H]2Oc3ccccc3O[C@H]2c2ccccc2)cc(OC)c1OC. The average Bonchev–Trinajstić information content (AvgIpc) is 2.87. The number of rotatable bonds is 7. The third kappa shape index (κ3) is 4.69. The number of amides is 1. The van der Waals surface area contributed by atoms with Gasteiger partial charge in [-0.2, -0.15) is 5.10 Å². The summed E-state index contributed by atoms with van der Waals surface area (Å²) in [5.41, 5.74) is 4.02. The predicted molar refractivity (Wildman–Crippen MR) is 123 cm³/mol. The van der Waals surface area contributed by atoms with Gasteiger partial charge in [-0.15, -0.1) is 0 Å². The first-order valence-electron chi connectivity index (χ1n) is 10.2. The van der Waals surface area contributed by atoms with Gasteiger partial charge in [-0.3, -0.25) is 4.79 Å². The molecule has 3 aromatic carbocycles. The van der Waals surface area contributed by atoms with Crippen LogP contribution in [-0.4, -0.2) is 39.6 Å². The number of fused-ring (bicyclic) bond motifs is 1. The van der Waals surface area contributed by atoms with Crippen LogP contribution in [0, 0.1) is 0 Å². The van der Waals surface area contributed by atoms with E-state index in [0.29, 0.717) is 34.3 Å². The maximum atomic E-state index is 13.0. The summed E-state index contributed by atoms with van der Waals surface area (Å²) in [6, 6.07) is 20.1. The number of methoxy groups -OCH3 is 3. The van der Waals surface area contributed by atoms with Crippen molar-refractivity contribution in [3.8, 4) is 28.7 Å². The van der Waals surface area contributed by atoms with Gasteiger partial charge in [0.1, 0.15) is 0 Å². The lowest BCUT2D eigenvalue weighted by atomic mass is 10.0. The van der Waals surface area contributed by atoms with Crippen LogP contribution in [0.15, 0.2) is 71.8 Å². The molecule has 0 radical (unpaired) electrons. The van der Waals surface area contributed by atoms with E-state index in [0.717, 1.165) is 5.56 Å². The number of nitrogens with zero attached hydrogens (tertiary/aromatic N) is 1. The van der Waals surface area contributed by atoms with Gasteiger partial charge >= 0.3 is 0 Å². The third-order valence-electron chi connectivity index (χ3n) is 5.09. The van der Waals surface area contributed by atoms with Crippen LogP contribution in [0.25, 0.3) is 0 Å². The van der Waals surface area contributed by atoms with Crippen LogP contribution in [0.1, 0.15) is 17.2 Å². The second kappa shape index (κ2) is 9.95. The van der Waals surface area contributed by atoms with E-state index in [9.17, 15) is 4.79 Å². The molecule has 0 aliphatic carbocycles. The molecule has 170 valence electrons. The van der Waals surface area contributed by atoms with Gasteiger partial charge in [0.05, 0.1) is 27.5 Å². The van der Waals surface area contributed by atoms with Gasteiger partial charge < -0.3 is 23.7 Å². The van der Waals surface area contributed by atoms with Crippen LogP contribution in [0.3, 0.4) is 0 Å². The van der Waals surface area contributed by atoms with E-state index in [1.807, 2.05) is 48.5 Å². The van der Waals surface area contributed by atoms with Crippen LogP contribution < -0.4 is 29.1 Å². The smallest absolute Gasteiger partial charge is 0.285 e. The van der Waals surface area contributed by atoms with Crippen molar-refractivity contribution in [1.82, 2.24) is 5.43 Å². The molecule has 0 bridgehead atoms. The van der Waals surface area contributed by atoms with E-state index in [1.165, 1.54) is 27.5 Å². The van der Waals surface area contributed by atoms with E-state index in [2.05, 4.69) is 10.5 Å². The Kier molecular flexibility index (Phi) is 6.64. The molecule has 1 amide bonds. The predicted octanol–water partition coefficient (Wildman–Crippen LogP) is 3.74. The summed E-state index contributed by atoms with van der Waals surface area (Å²) in [4.78, 5) is 13.0. The molecule has 4 rings (SSSR count). The van der Waals surface area contributed by atoms with Crippen LogP contribution in [0.5, 0.6) is 28.7 Å². The molecule has 1 heterocycles. The third-order valence-corrected chi connectivity index (χ3v) is 5.09. The van der Waals surface area contributed by atoms with Crippen LogP contribution >= 0.6 is 0 Å². The Labute approximate surface area is 191 Å². The molecular formula is C25H24N2O6.